The average Bonchev–Trinajstić information content (AvgIpc) is 3.27. The summed E-state index contributed by atoms with van der Waals surface area (Å²) in [4.78, 5) is 22.8. The smallest absolute Gasteiger partial charge is 0.416 e. The highest BCUT2D eigenvalue weighted by atomic mass is 32.2. The molecule has 5 nitrogen and oxygen atoms in total. The molecule has 0 spiro atoms. The molecular weight excluding hydrogens is 471 g/mol. The van der Waals surface area contributed by atoms with E-state index in [1.165, 1.54) is 35.7 Å². The molecule has 33 heavy (non-hydrogen) atoms. The van der Waals surface area contributed by atoms with E-state index in [1.54, 1.807) is 12.0 Å². The molecule has 0 N–H and O–H groups in total. The molecule has 0 aliphatic carbocycles. The number of hydrogen-bond acceptors (Lipinski definition) is 6. The second-order valence-corrected chi connectivity index (χ2v) is 9.49. The Hall–Kier alpha value is -2.59. The average molecular weight is 494 g/mol. The number of amidine groups is 1. The van der Waals surface area contributed by atoms with E-state index in [2.05, 4.69) is 4.99 Å². The van der Waals surface area contributed by atoms with Gasteiger partial charge in [-0.25, -0.2) is 4.99 Å². The zero-order valence-electron chi connectivity index (χ0n) is 18.3. The molecular formula is C23H22F3N3O2S2. The van der Waals surface area contributed by atoms with Crippen LogP contribution >= 0.6 is 23.5 Å². The Bertz CT molecular complexity index is 1150. The van der Waals surface area contributed by atoms with Crippen LogP contribution in [0.25, 0.3) is 0 Å². The van der Waals surface area contributed by atoms with Crippen molar-refractivity contribution in [3.05, 3.63) is 58.0 Å². The van der Waals surface area contributed by atoms with Gasteiger partial charge in [-0.1, -0.05) is 31.2 Å². The lowest BCUT2D eigenvalue weighted by Crippen LogP contribution is -2.30. The fraction of sp³-hybridized carbons (Fsp3) is 0.304. The van der Waals surface area contributed by atoms with Crippen molar-refractivity contribution in [1.82, 2.24) is 4.90 Å². The van der Waals surface area contributed by atoms with Crippen molar-refractivity contribution in [2.75, 3.05) is 25.6 Å². The van der Waals surface area contributed by atoms with E-state index in [9.17, 15) is 18.0 Å². The van der Waals surface area contributed by atoms with Crippen molar-refractivity contribution in [3.63, 3.8) is 0 Å². The maximum Gasteiger partial charge on any atom is 0.416 e. The Balaban J connectivity index is 1.72. The van der Waals surface area contributed by atoms with Crippen LogP contribution in [-0.4, -0.2) is 36.7 Å². The first-order valence-electron chi connectivity index (χ1n) is 10.3. The van der Waals surface area contributed by atoms with E-state index in [0.717, 1.165) is 40.6 Å². The number of fused-ring (bicyclic) bond motifs is 1. The van der Waals surface area contributed by atoms with Gasteiger partial charge in [0.1, 0.15) is 10.7 Å². The lowest BCUT2D eigenvalue weighted by atomic mass is 10.2. The van der Waals surface area contributed by atoms with Crippen molar-refractivity contribution in [2.45, 2.75) is 30.8 Å². The summed E-state index contributed by atoms with van der Waals surface area (Å²) in [5.74, 6) is 0.530. The second kappa shape index (κ2) is 9.34. The highest BCUT2D eigenvalue weighted by Crippen LogP contribution is 2.51. The minimum Gasteiger partial charge on any atom is -0.497 e. The van der Waals surface area contributed by atoms with Crippen LogP contribution in [0.4, 0.5) is 24.5 Å². The molecule has 1 amide bonds. The maximum absolute atomic E-state index is 13.4. The number of alkyl halides is 3. The van der Waals surface area contributed by atoms with Crippen LogP contribution in [0.3, 0.4) is 0 Å². The molecule has 1 saturated heterocycles. The second-order valence-electron chi connectivity index (χ2n) is 7.48. The lowest BCUT2D eigenvalue weighted by Gasteiger charge is -2.16. The molecule has 2 aliphatic heterocycles. The summed E-state index contributed by atoms with van der Waals surface area (Å²) in [6, 6.07) is 10.6. The fourth-order valence-corrected chi connectivity index (χ4v) is 5.80. The van der Waals surface area contributed by atoms with Gasteiger partial charge in [-0.3, -0.25) is 9.69 Å². The van der Waals surface area contributed by atoms with Gasteiger partial charge in [0.25, 0.3) is 5.91 Å². The number of nitrogens with zero attached hydrogens (tertiary/aromatic N) is 3. The normalized spacial score (nSPS) is 19.6. The van der Waals surface area contributed by atoms with E-state index in [1.807, 2.05) is 37.1 Å². The van der Waals surface area contributed by atoms with Gasteiger partial charge in [-0.05, 0) is 48.5 Å². The molecule has 0 radical (unpaired) electrons. The third-order valence-corrected chi connectivity index (χ3v) is 7.66. The molecule has 0 aromatic heterocycles. The first kappa shape index (κ1) is 23.6. The van der Waals surface area contributed by atoms with Crippen molar-refractivity contribution < 1.29 is 22.7 Å². The van der Waals surface area contributed by atoms with Gasteiger partial charge in [0.2, 0.25) is 0 Å². The van der Waals surface area contributed by atoms with E-state index < -0.39 is 11.7 Å². The molecule has 174 valence electrons. The number of aliphatic imine (C=N–C) groups is 1. The van der Waals surface area contributed by atoms with Crippen LogP contribution in [0.1, 0.15) is 25.3 Å². The van der Waals surface area contributed by atoms with Gasteiger partial charge >= 0.3 is 6.18 Å². The van der Waals surface area contributed by atoms with Gasteiger partial charge in [-0.15, -0.1) is 0 Å². The molecule has 4 rings (SSSR count). The molecule has 1 fully saturated rings. The molecule has 0 saturated carbocycles. The van der Waals surface area contributed by atoms with Crippen molar-refractivity contribution in [3.8, 4) is 5.75 Å². The Labute approximate surface area is 198 Å². The first-order chi connectivity index (χ1) is 15.7. The summed E-state index contributed by atoms with van der Waals surface area (Å²) in [6.07, 6.45) is -2.83. The zero-order valence-corrected chi connectivity index (χ0v) is 19.9. The Morgan fingerprint density at radius 2 is 1.91 bits per heavy atom. The largest absolute Gasteiger partial charge is 0.497 e. The van der Waals surface area contributed by atoms with Crippen LogP contribution in [0.5, 0.6) is 5.75 Å². The summed E-state index contributed by atoms with van der Waals surface area (Å²) in [5, 5.41) is 1.15. The van der Waals surface area contributed by atoms with Gasteiger partial charge in [0.15, 0.2) is 5.17 Å². The number of benzene rings is 2. The maximum atomic E-state index is 13.4. The van der Waals surface area contributed by atoms with Gasteiger partial charge < -0.3 is 9.64 Å². The summed E-state index contributed by atoms with van der Waals surface area (Å²) >= 11 is 2.68. The SMILES string of the molecule is CCCCN1C(=O)C(=C2Sc3ccc(OC)cc3N2C)SC1=Nc1cccc(C(F)(F)F)c1. The topological polar surface area (TPSA) is 45.1 Å². The number of carbonyl (C=O) groups is 1. The highest BCUT2D eigenvalue weighted by molar-refractivity contribution is 8.19. The number of carbonyl (C=O) groups excluding carboxylic acids is 1. The number of ether oxygens (including phenoxy) is 1. The van der Waals surface area contributed by atoms with Crippen LogP contribution < -0.4 is 9.64 Å². The van der Waals surface area contributed by atoms with E-state index in [4.69, 9.17) is 4.74 Å². The minimum absolute atomic E-state index is 0.160. The van der Waals surface area contributed by atoms with Crippen molar-refractivity contribution >= 4 is 46.0 Å². The van der Waals surface area contributed by atoms with Crippen LogP contribution in [0.15, 0.2) is 62.3 Å². The summed E-state index contributed by atoms with van der Waals surface area (Å²) in [7, 11) is 3.48. The predicted octanol–water partition coefficient (Wildman–Crippen LogP) is 6.49. The molecule has 2 aromatic carbocycles. The van der Waals surface area contributed by atoms with E-state index in [0.29, 0.717) is 22.4 Å². The van der Waals surface area contributed by atoms with E-state index in [-0.39, 0.29) is 11.6 Å². The van der Waals surface area contributed by atoms with Gasteiger partial charge in [-0.2, -0.15) is 13.2 Å². The van der Waals surface area contributed by atoms with Crippen molar-refractivity contribution in [1.29, 1.82) is 0 Å². The zero-order chi connectivity index (χ0) is 23.8. The monoisotopic (exact) mass is 493 g/mol. The quantitative estimate of drug-likeness (QED) is 0.446. The molecule has 10 heteroatoms. The first-order valence-corrected chi connectivity index (χ1v) is 12.0. The molecule has 0 unspecified atom stereocenters. The standard InChI is InChI=1S/C23H22F3N3O2S2/c1-4-5-11-29-20(30)19(21-28(2)17-13-16(31-3)9-10-18(17)32-21)33-22(29)27-15-8-6-7-14(12-15)23(24,25)26/h6-10,12-13H,4-5,11H2,1-3H3. The van der Waals surface area contributed by atoms with Crippen LogP contribution in [-0.2, 0) is 11.0 Å². The van der Waals surface area contributed by atoms with Crippen LogP contribution in [0.2, 0.25) is 0 Å². The summed E-state index contributed by atoms with van der Waals surface area (Å²) < 4.78 is 44.7. The number of halogens is 3. The Kier molecular flexibility index (Phi) is 6.67. The fourth-order valence-electron chi connectivity index (χ4n) is 3.45. The van der Waals surface area contributed by atoms with Crippen LogP contribution in [0, 0.1) is 0 Å². The van der Waals surface area contributed by atoms with Crippen molar-refractivity contribution in [2.24, 2.45) is 4.99 Å². The number of anilines is 1. The number of methoxy groups -OCH3 is 1. The Morgan fingerprint density at radius 3 is 2.61 bits per heavy atom. The summed E-state index contributed by atoms with van der Waals surface area (Å²) in [6.45, 7) is 2.47. The number of unbranched alkanes of at least 4 members (excludes halogenated alkanes) is 1. The molecule has 2 heterocycles. The van der Waals surface area contributed by atoms with E-state index >= 15 is 0 Å². The number of thioether (sulfide) groups is 2. The third kappa shape index (κ3) is 4.72. The summed E-state index contributed by atoms with van der Waals surface area (Å²) in [5.41, 5.74) is 0.319. The predicted molar refractivity (Wildman–Crippen MR) is 127 cm³/mol. The molecule has 0 atom stereocenters. The number of rotatable bonds is 5. The Morgan fingerprint density at radius 1 is 1.12 bits per heavy atom. The minimum atomic E-state index is -4.46. The molecule has 2 aliphatic rings. The number of amides is 1. The third-order valence-electron chi connectivity index (χ3n) is 5.23. The highest BCUT2D eigenvalue weighted by Gasteiger charge is 2.39. The molecule has 0 bridgehead atoms. The van der Waals surface area contributed by atoms with Gasteiger partial charge in [0, 0.05) is 24.6 Å². The molecule has 2 aromatic rings. The number of hydrogen-bond donors (Lipinski definition) is 0. The lowest BCUT2D eigenvalue weighted by molar-refractivity contribution is -0.137. The van der Waals surface area contributed by atoms with Gasteiger partial charge in [0.05, 0.1) is 29.1 Å².